The molecule has 24 heavy (non-hydrogen) atoms. The van der Waals surface area contributed by atoms with Crippen molar-refractivity contribution in [1.29, 1.82) is 0 Å². The van der Waals surface area contributed by atoms with Crippen molar-refractivity contribution in [2.75, 3.05) is 0 Å². The number of aliphatic hydroxyl groups excluding tert-OH is 1. The summed E-state index contributed by atoms with van der Waals surface area (Å²) in [4.78, 5) is 9.85. The van der Waals surface area contributed by atoms with Gasteiger partial charge in [-0.05, 0) is 51.5 Å². The zero-order valence-electron chi connectivity index (χ0n) is 14.2. The lowest BCUT2D eigenvalue weighted by molar-refractivity contribution is 0.00111. The Morgan fingerprint density at radius 2 is 1.96 bits per heavy atom. The molecule has 0 amide bonds. The topological polar surface area (TPSA) is 74.9 Å². The van der Waals surface area contributed by atoms with Gasteiger partial charge in [-0.2, -0.15) is 0 Å². The van der Waals surface area contributed by atoms with E-state index in [0.29, 0.717) is 11.4 Å². The zero-order chi connectivity index (χ0) is 17.9. The first-order chi connectivity index (χ1) is 11.2. The first-order valence-electron chi connectivity index (χ1n) is 7.54. The lowest BCUT2D eigenvalue weighted by Crippen LogP contribution is -2.18. The first-order valence-corrected chi connectivity index (χ1v) is 8.33. The number of aromatic nitrogens is 1. The molecule has 6 heteroatoms. The van der Waals surface area contributed by atoms with E-state index in [2.05, 4.69) is 26.1 Å². The van der Waals surface area contributed by atoms with Gasteiger partial charge in [0.25, 0.3) is 0 Å². The molecule has 1 aromatic heterocycles. The molecule has 0 unspecified atom stereocenters. The summed E-state index contributed by atoms with van der Waals surface area (Å²) < 4.78 is 0.918. The average molecular weight is 393 g/mol. The van der Waals surface area contributed by atoms with Crippen molar-refractivity contribution in [3.63, 3.8) is 0 Å². The number of oxime groups is 1. The van der Waals surface area contributed by atoms with Crippen molar-refractivity contribution in [1.82, 2.24) is 4.98 Å². The van der Waals surface area contributed by atoms with Gasteiger partial charge in [-0.1, -0.05) is 33.2 Å². The SMILES string of the molecule is Cc1ccc(/C(=N/OC(C)(C)C)c2nc(CO)ccc2O)cc1Br. The van der Waals surface area contributed by atoms with Crippen molar-refractivity contribution >= 4 is 21.6 Å². The fraction of sp³-hybridized carbons (Fsp3) is 0.333. The van der Waals surface area contributed by atoms with Crippen LogP contribution in [0.5, 0.6) is 5.75 Å². The molecule has 128 valence electrons. The minimum Gasteiger partial charge on any atom is -0.506 e. The molecule has 1 aromatic carbocycles. The van der Waals surface area contributed by atoms with Crippen LogP contribution in [0, 0.1) is 6.92 Å². The van der Waals surface area contributed by atoms with Crippen LogP contribution in [0.4, 0.5) is 0 Å². The predicted octanol–water partition coefficient (Wildman–Crippen LogP) is 3.92. The van der Waals surface area contributed by atoms with E-state index in [4.69, 9.17) is 4.84 Å². The smallest absolute Gasteiger partial charge is 0.143 e. The van der Waals surface area contributed by atoms with Crippen molar-refractivity contribution < 1.29 is 15.1 Å². The van der Waals surface area contributed by atoms with Gasteiger partial charge in [-0.15, -0.1) is 0 Å². The van der Waals surface area contributed by atoms with Crippen LogP contribution in [-0.4, -0.2) is 26.5 Å². The van der Waals surface area contributed by atoms with Gasteiger partial charge in [0.1, 0.15) is 22.8 Å². The Labute approximate surface area is 150 Å². The molecular formula is C18H21BrN2O3. The van der Waals surface area contributed by atoms with Crippen LogP contribution in [0.15, 0.2) is 40.0 Å². The number of aliphatic hydroxyl groups is 1. The van der Waals surface area contributed by atoms with Crippen LogP contribution in [-0.2, 0) is 11.4 Å². The van der Waals surface area contributed by atoms with Crippen LogP contribution in [0.25, 0.3) is 0 Å². The molecule has 0 spiro atoms. The maximum Gasteiger partial charge on any atom is 0.143 e. The van der Waals surface area contributed by atoms with Gasteiger partial charge in [0.05, 0.1) is 12.3 Å². The van der Waals surface area contributed by atoms with Crippen molar-refractivity contribution in [3.05, 3.63) is 57.3 Å². The summed E-state index contributed by atoms with van der Waals surface area (Å²) in [7, 11) is 0. The Balaban J connectivity index is 2.61. The second-order valence-corrected chi connectivity index (χ2v) is 7.29. The molecule has 0 aliphatic rings. The molecule has 0 aliphatic heterocycles. The minimum absolute atomic E-state index is 0.0276. The maximum atomic E-state index is 10.2. The standard InChI is InChI=1S/C18H21BrN2O3/c1-11-5-6-12(9-14(11)19)16(21-24-18(2,3)4)17-15(23)8-7-13(10-22)20-17/h5-9,22-23H,10H2,1-4H3/b21-16-. The Morgan fingerprint density at radius 3 is 2.54 bits per heavy atom. The number of aryl methyl sites for hydroxylation is 1. The Hall–Kier alpha value is -1.92. The van der Waals surface area contributed by atoms with Gasteiger partial charge < -0.3 is 15.1 Å². The number of aromatic hydroxyl groups is 1. The number of rotatable bonds is 4. The van der Waals surface area contributed by atoms with E-state index < -0.39 is 5.60 Å². The Morgan fingerprint density at radius 1 is 1.25 bits per heavy atom. The molecule has 1 heterocycles. The quantitative estimate of drug-likeness (QED) is 0.610. The normalized spacial score (nSPS) is 12.3. The summed E-state index contributed by atoms with van der Waals surface area (Å²) in [6, 6.07) is 8.78. The van der Waals surface area contributed by atoms with Gasteiger partial charge in [-0.3, -0.25) is 0 Å². The minimum atomic E-state index is -0.489. The number of pyridine rings is 1. The van der Waals surface area contributed by atoms with E-state index in [1.165, 1.54) is 6.07 Å². The van der Waals surface area contributed by atoms with Gasteiger partial charge in [0, 0.05) is 10.0 Å². The van der Waals surface area contributed by atoms with Crippen LogP contribution in [0.3, 0.4) is 0 Å². The molecule has 0 radical (unpaired) electrons. The van der Waals surface area contributed by atoms with E-state index in [1.54, 1.807) is 6.07 Å². The number of benzene rings is 1. The lowest BCUT2D eigenvalue weighted by Gasteiger charge is -2.18. The molecule has 5 nitrogen and oxygen atoms in total. The second-order valence-electron chi connectivity index (χ2n) is 6.44. The van der Waals surface area contributed by atoms with Gasteiger partial charge >= 0.3 is 0 Å². The van der Waals surface area contributed by atoms with E-state index in [-0.39, 0.29) is 18.1 Å². The summed E-state index contributed by atoms with van der Waals surface area (Å²) in [5.41, 5.74) is 2.44. The summed E-state index contributed by atoms with van der Waals surface area (Å²) >= 11 is 3.51. The van der Waals surface area contributed by atoms with Crippen LogP contribution in [0.2, 0.25) is 0 Å². The molecule has 0 bridgehead atoms. The highest BCUT2D eigenvalue weighted by molar-refractivity contribution is 9.10. The lowest BCUT2D eigenvalue weighted by atomic mass is 10.0. The van der Waals surface area contributed by atoms with Crippen molar-refractivity contribution in [2.24, 2.45) is 5.16 Å². The van der Waals surface area contributed by atoms with Crippen molar-refractivity contribution in [2.45, 2.75) is 39.9 Å². The highest BCUT2D eigenvalue weighted by Gasteiger charge is 2.18. The van der Waals surface area contributed by atoms with Crippen LogP contribution >= 0.6 is 15.9 Å². The summed E-state index contributed by atoms with van der Waals surface area (Å²) in [5.74, 6) is -0.0276. The highest BCUT2D eigenvalue weighted by atomic mass is 79.9. The largest absolute Gasteiger partial charge is 0.506 e. The molecule has 2 rings (SSSR count). The van der Waals surface area contributed by atoms with Gasteiger partial charge in [0.15, 0.2) is 0 Å². The molecular weight excluding hydrogens is 372 g/mol. The summed E-state index contributed by atoms with van der Waals surface area (Å²) in [5, 5.41) is 23.8. The number of halogens is 1. The summed E-state index contributed by atoms with van der Waals surface area (Å²) in [6.07, 6.45) is 0. The summed E-state index contributed by atoms with van der Waals surface area (Å²) in [6.45, 7) is 7.42. The molecule has 0 saturated carbocycles. The average Bonchev–Trinajstić information content (AvgIpc) is 2.51. The number of hydrogen-bond donors (Lipinski definition) is 2. The van der Waals surface area contributed by atoms with Gasteiger partial charge in [0.2, 0.25) is 0 Å². The van der Waals surface area contributed by atoms with E-state index in [0.717, 1.165) is 15.6 Å². The third-order valence-corrected chi connectivity index (χ3v) is 4.03. The molecule has 2 N–H and O–H groups in total. The third kappa shape index (κ3) is 4.55. The third-order valence-electron chi connectivity index (χ3n) is 3.17. The number of hydrogen-bond acceptors (Lipinski definition) is 5. The Kier molecular flexibility index (Phi) is 5.62. The van der Waals surface area contributed by atoms with E-state index in [1.807, 2.05) is 45.9 Å². The molecule has 2 aromatic rings. The first kappa shape index (κ1) is 18.4. The molecule has 0 saturated heterocycles. The number of nitrogens with zero attached hydrogens (tertiary/aromatic N) is 2. The monoisotopic (exact) mass is 392 g/mol. The Bertz CT molecular complexity index is 767. The van der Waals surface area contributed by atoms with E-state index in [9.17, 15) is 10.2 Å². The van der Waals surface area contributed by atoms with Gasteiger partial charge in [-0.25, -0.2) is 4.98 Å². The fourth-order valence-electron chi connectivity index (χ4n) is 1.91. The maximum absolute atomic E-state index is 10.2. The van der Waals surface area contributed by atoms with Crippen LogP contribution < -0.4 is 0 Å². The fourth-order valence-corrected chi connectivity index (χ4v) is 2.29. The molecule has 0 atom stereocenters. The molecule has 0 fully saturated rings. The highest BCUT2D eigenvalue weighted by Crippen LogP contribution is 2.24. The zero-order valence-corrected chi connectivity index (χ0v) is 15.8. The van der Waals surface area contributed by atoms with Crippen LogP contribution in [0.1, 0.15) is 43.3 Å². The van der Waals surface area contributed by atoms with Crippen molar-refractivity contribution in [3.8, 4) is 5.75 Å². The predicted molar refractivity (Wildman–Crippen MR) is 97.2 cm³/mol. The second kappa shape index (κ2) is 7.32. The molecule has 0 aliphatic carbocycles. The van der Waals surface area contributed by atoms with E-state index >= 15 is 0 Å².